The Kier molecular flexibility index (Phi) is 2.21. The summed E-state index contributed by atoms with van der Waals surface area (Å²) in [7, 11) is 0. The van der Waals surface area contributed by atoms with Gasteiger partial charge in [-0.15, -0.1) is 23.8 Å². The molecule has 0 atom stereocenters. The van der Waals surface area contributed by atoms with Crippen LogP contribution >= 0.6 is 0 Å². The Morgan fingerprint density at radius 1 is 1.20 bits per heavy atom. The zero-order valence-corrected chi connectivity index (χ0v) is 5.89. The van der Waals surface area contributed by atoms with E-state index < -0.39 is 0 Å². The average molecular weight is 123 g/mol. The molecule has 2 rings (SSSR count). The molecule has 0 saturated carbocycles. The number of nitrogens with one attached hydrogen (secondary N) is 1. The molecule has 1 heterocycles. The van der Waals surface area contributed by atoms with Crippen LogP contribution in [0.15, 0.2) is 30.3 Å². The van der Waals surface area contributed by atoms with Gasteiger partial charge in [0, 0.05) is 0 Å². The van der Waals surface area contributed by atoms with Crippen molar-refractivity contribution in [2.45, 2.75) is 0 Å². The second kappa shape index (κ2) is 2.96. The summed E-state index contributed by atoms with van der Waals surface area (Å²) in [6, 6.07) is 10.1. The molecule has 2 heteroatoms. The molecule has 0 fully saturated rings. The van der Waals surface area contributed by atoms with Crippen molar-refractivity contribution < 1.29 is 18.9 Å². The Hall–Kier alpha value is -0.643. The predicted molar refractivity (Wildman–Crippen MR) is 37.1 cm³/mol. The van der Waals surface area contributed by atoms with Gasteiger partial charge in [-0.05, 0) is 0 Å². The van der Waals surface area contributed by atoms with Crippen molar-refractivity contribution in [3.8, 4) is 0 Å². The quantitative estimate of drug-likeness (QED) is 0.340. The van der Waals surface area contributed by atoms with Crippen LogP contribution < -0.4 is 18.9 Å². The fourth-order valence-corrected chi connectivity index (χ4v) is 0.928. The van der Waals surface area contributed by atoms with E-state index in [4.69, 9.17) is 0 Å². The van der Waals surface area contributed by atoms with Crippen molar-refractivity contribution in [3.05, 3.63) is 36.5 Å². The number of rotatable bonds is 0. The van der Waals surface area contributed by atoms with E-state index in [1.807, 2.05) is 24.3 Å². The maximum Gasteiger partial charge on any atom is 1.00 e. The van der Waals surface area contributed by atoms with Crippen LogP contribution in [-0.2, 0) is 0 Å². The van der Waals surface area contributed by atoms with Crippen LogP contribution in [-0.4, -0.2) is 4.98 Å². The van der Waals surface area contributed by atoms with Gasteiger partial charge in [0.25, 0.3) is 0 Å². The molecule has 0 saturated heterocycles. The minimum absolute atomic E-state index is 0. The molecule has 1 aromatic carbocycles. The number of aromatic amines is 1. The van der Waals surface area contributed by atoms with E-state index in [1.165, 1.54) is 5.39 Å². The molecule has 10 heavy (non-hydrogen) atoms. The molecule has 0 amide bonds. The van der Waals surface area contributed by atoms with Gasteiger partial charge in [0.05, 0.1) is 0 Å². The number of fused-ring (bicyclic) bond motifs is 1. The first-order valence-electron chi connectivity index (χ1n) is 2.90. The number of hydrogen-bond acceptors (Lipinski definition) is 0. The molecule has 44 valence electrons. The Labute approximate surface area is 71.6 Å². The average Bonchev–Trinajstić information content (AvgIpc) is 2.33. The van der Waals surface area contributed by atoms with Crippen molar-refractivity contribution in [2.75, 3.05) is 0 Å². The first-order valence-corrected chi connectivity index (χ1v) is 2.90. The smallest absolute Gasteiger partial charge is 0.477 e. The van der Waals surface area contributed by atoms with Gasteiger partial charge < -0.3 is 4.98 Å². The second-order valence-electron chi connectivity index (χ2n) is 2.00. The first kappa shape index (κ1) is 7.46. The van der Waals surface area contributed by atoms with Crippen molar-refractivity contribution in [3.63, 3.8) is 0 Å². The SMILES string of the molecule is [Li+].[c-]1cc2ccccc2[nH]1. The largest absolute Gasteiger partial charge is 1.00 e. The van der Waals surface area contributed by atoms with Crippen LogP contribution in [0.5, 0.6) is 0 Å². The Balaban J connectivity index is 0.000000500. The van der Waals surface area contributed by atoms with Crippen molar-refractivity contribution in [2.24, 2.45) is 0 Å². The third kappa shape index (κ3) is 1.11. The Morgan fingerprint density at radius 2 is 2.00 bits per heavy atom. The molecular formula is C8H6LiN. The fraction of sp³-hybridized carbons (Fsp3) is 0. The monoisotopic (exact) mass is 123 g/mol. The molecule has 1 nitrogen and oxygen atoms in total. The minimum atomic E-state index is 0. The summed E-state index contributed by atoms with van der Waals surface area (Å²) in [5.41, 5.74) is 1.15. The van der Waals surface area contributed by atoms with Crippen LogP contribution in [0.25, 0.3) is 10.9 Å². The van der Waals surface area contributed by atoms with Gasteiger partial charge in [0.15, 0.2) is 0 Å². The van der Waals surface area contributed by atoms with Crippen LogP contribution in [0.4, 0.5) is 0 Å². The van der Waals surface area contributed by atoms with Crippen molar-refractivity contribution in [1.82, 2.24) is 4.98 Å². The summed E-state index contributed by atoms with van der Waals surface area (Å²) in [5, 5.41) is 1.22. The topological polar surface area (TPSA) is 15.8 Å². The summed E-state index contributed by atoms with van der Waals surface area (Å²) in [6.07, 6.45) is 2.91. The van der Waals surface area contributed by atoms with E-state index in [2.05, 4.69) is 17.2 Å². The van der Waals surface area contributed by atoms with Gasteiger partial charge in [0.2, 0.25) is 0 Å². The number of H-pyrrole nitrogens is 1. The van der Waals surface area contributed by atoms with Gasteiger partial charge in [-0.1, -0.05) is 12.1 Å². The van der Waals surface area contributed by atoms with E-state index >= 15 is 0 Å². The van der Waals surface area contributed by atoms with E-state index in [-0.39, 0.29) is 18.9 Å². The van der Waals surface area contributed by atoms with E-state index in [1.54, 1.807) is 0 Å². The molecular weight excluding hydrogens is 117 g/mol. The van der Waals surface area contributed by atoms with E-state index in [0.717, 1.165) is 5.52 Å². The van der Waals surface area contributed by atoms with Gasteiger partial charge in [-0.2, -0.15) is 11.5 Å². The zero-order valence-electron chi connectivity index (χ0n) is 5.89. The molecule has 0 aliphatic rings. The summed E-state index contributed by atoms with van der Waals surface area (Å²) in [4.78, 5) is 2.99. The van der Waals surface area contributed by atoms with Crippen LogP contribution in [0.3, 0.4) is 0 Å². The molecule has 0 unspecified atom stereocenters. The standard InChI is InChI=1S/C8H6N.Li/c1-2-4-8-7(3-1)5-6-9-8;/h1-5,9H;/q-1;+1. The second-order valence-corrected chi connectivity index (χ2v) is 2.00. The Morgan fingerprint density at radius 3 is 2.80 bits per heavy atom. The maximum absolute atomic E-state index is 2.99. The summed E-state index contributed by atoms with van der Waals surface area (Å²) in [6.45, 7) is 0. The third-order valence-electron chi connectivity index (χ3n) is 1.40. The van der Waals surface area contributed by atoms with E-state index in [9.17, 15) is 0 Å². The number of benzene rings is 1. The maximum atomic E-state index is 2.99. The molecule has 0 spiro atoms. The summed E-state index contributed by atoms with van der Waals surface area (Å²) in [5.74, 6) is 0. The van der Waals surface area contributed by atoms with E-state index in [0.29, 0.717) is 0 Å². The fourth-order valence-electron chi connectivity index (χ4n) is 0.928. The number of aromatic nitrogens is 1. The number of para-hydroxylation sites is 1. The van der Waals surface area contributed by atoms with Crippen LogP contribution in [0.1, 0.15) is 0 Å². The first-order chi connectivity index (χ1) is 4.47. The van der Waals surface area contributed by atoms with Gasteiger partial charge >= 0.3 is 18.9 Å². The molecule has 0 aliphatic carbocycles. The molecule has 2 aromatic rings. The Bertz CT molecular complexity index is 283. The molecule has 1 aromatic heterocycles. The normalized spacial score (nSPS) is 9.20. The van der Waals surface area contributed by atoms with Crippen LogP contribution in [0, 0.1) is 6.20 Å². The molecule has 1 N–H and O–H groups in total. The summed E-state index contributed by atoms with van der Waals surface area (Å²) < 4.78 is 0. The van der Waals surface area contributed by atoms with Crippen molar-refractivity contribution in [1.29, 1.82) is 0 Å². The minimum Gasteiger partial charge on any atom is -0.477 e. The molecule has 0 bridgehead atoms. The molecule has 0 aliphatic heterocycles. The van der Waals surface area contributed by atoms with Gasteiger partial charge in [-0.25, -0.2) is 0 Å². The third-order valence-corrected chi connectivity index (χ3v) is 1.40. The van der Waals surface area contributed by atoms with Crippen molar-refractivity contribution >= 4 is 10.9 Å². The van der Waals surface area contributed by atoms with Gasteiger partial charge in [0.1, 0.15) is 0 Å². The molecule has 0 radical (unpaired) electrons. The predicted octanol–water partition coefficient (Wildman–Crippen LogP) is -1.03. The summed E-state index contributed by atoms with van der Waals surface area (Å²) >= 11 is 0. The van der Waals surface area contributed by atoms with Crippen LogP contribution in [0.2, 0.25) is 0 Å². The zero-order chi connectivity index (χ0) is 6.10. The number of hydrogen-bond donors (Lipinski definition) is 1. The van der Waals surface area contributed by atoms with Gasteiger partial charge in [-0.3, -0.25) is 0 Å².